The molecule has 1 aliphatic rings. The van der Waals surface area contributed by atoms with Crippen molar-refractivity contribution in [2.24, 2.45) is 0 Å². The van der Waals surface area contributed by atoms with Gasteiger partial charge in [-0.15, -0.1) is 0 Å². The van der Waals surface area contributed by atoms with Crippen LogP contribution in [-0.4, -0.2) is 26.9 Å². The van der Waals surface area contributed by atoms with Gasteiger partial charge in [0.1, 0.15) is 6.04 Å². The van der Waals surface area contributed by atoms with Crippen molar-refractivity contribution in [2.45, 2.75) is 30.2 Å². The summed E-state index contributed by atoms with van der Waals surface area (Å²) >= 11 is 3.25. The van der Waals surface area contributed by atoms with Crippen molar-refractivity contribution in [3.05, 3.63) is 28.7 Å². The number of carbonyl (C=O) groups excluding carboxylic acids is 1. The van der Waals surface area contributed by atoms with Crippen LogP contribution in [0, 0.1) is 0 Å². The normalized spacial score (nSPS) is 20.7. The molecule has 7 heteroatoms. The highest BCUT2D eigenvalue weighted by Gasteiger charge is 2.26. The second-order valence-corrected chi connectivity index (χ2v) is 7.04. The van der Waals surface area contributed by atoms with Crippen LogP contribution in [0.15, 0.2) is 33.6 Å². The lowest BCUT2D eigenvalue weighted by Crippen LogP contribution is -2.45. The summed E-state index contributed by atoms with van der Waals surface area (Å²) in [4.78, 5) is 11.9. The first-order valence-electron chi connectivity index (χ1n) is 6.05. The van der Waals surface area contributed by atoms with Crippen molar-refractivity contribution in [3.8, 4) is 0 Å². The minimum absolute atomic E-state index is 0.160. The summed E-state index contributed by atoms with van der Waals surface area (Å²) in [5.74, 6) is -0.252. The Hall–Kier alpha value is -0.920. The van der Waals surface area contributed by atoms with Gasteiger partial charge in [-0.25, -0.2) is 8.42 Å². The number of hydrogen-bond donors (Lipinski definition) is 2. The van der Waals surface area contributed by atoms with E-state index in [1.54, 1.807) is 12.1 Å². The van der Waals surface area contributed by atoms with Crippen molar-refractivity contribution >= 4 is 31.9 Å². The predicted octanol–water partition coefficient (Wildman–Crippen LogP) is 1.40. The lowest BCUT2D eigenvalue weighted by Gasteiger charge is -2.15. The fourth-order valence-corrected chi connectivity index (χ4v) is 3.42. The third-order valence-corrected chi connectivity index (χ3v) is 4.97. The highest BCUT2D eigenvalue weighted by Crippen LogP contribution is 2.16. The summed E-state index contributed by atoms with van der Waals surface area (Å²) in [6.45, 7) is 0.606. The van der Waals surface area contributed by atoms with Crippen LogP contribution < -0.4 is 10.0 Å². The third-order valence-electron chi connectivity index (χ3n) is 2.96. The molecule has 1 saturated heterocycles. The molecule has 1 aromatic rings. The van der Waals surface area contributed by atoms with E-state index in [-0.39, 0.29) is 10.8 Å². The Morgan fingerprint density at radius 1 is 1.21 bits per heavy atom. The maximum atomic E-state index is 12.2. The molecular weight excluding hydrogens is 332 g/mol. The number of nitrogens with one attached hydrogen (secondary N) is 2. The first-order valence-corrected chi connectivity index (χ1v) is 8.32. The smallest absolute Gasteiger partial charge is 0.241 e. The van der Waals surface area contributed by atoms with Crippen LogP contribution in [0.5, 0.6) is 0 Å². The zero-order chi connectivity index (χ0) is 13.9. The topological polar surface area (TPSA) is 75.3 Å². The van der Waals surface area contributed by atoms with Crippen molar-refractivity contribution in [1.82, 2.24) is 10.0 Å². The molecule has 104 valence electrons. The molecule has 2 N–H and O–H groups in total. The van der Waals surface area contributed by atoms with Gasteiger partial charge in [-0.3, -0.25) is 4.79 Å². The van der Waals surface area contributed by atoms with Gasteiger partial charge in [-0.2, -0.15) is 4.72 Å². The molecular formula is C12H15BrN2O3S. The lowest BCUT2D eigenvalue weighted by atomic mass is 10.1. The van der Waals surface area contributed by atoms with Gasteiger partial charge in [0.15, 0.2) is 0 Å². The molecule has 1 amide bonds. The van der Waals surface area contributed by atoms with E-state index in [2.05, 4.69) is 26.0 Å². The Balaban J connectivity index is 2.16. The molecule has 1 heterocycles. The predicted molar refractivity (Wildman–Crippen MR) is 75.1 cm³/mol. The van der Waals surface area contributed by atoms with Crippen molar-refractivity contribution < 1.29 is 13.2 Å². The molecule has 2 rings (SSSR count). The van der Waals surface area contributed by atoms with Gasteiger partial charge in [0.25, 0.3) is 0 Å². The van der Waals surface area contributed by atoms with Crippen LogP contribution in [0.3, 0.4) is 0 Å². The maximum absolute atomic E-state index is 12.2. The molecule has 1 unspecified atom stereocenters. The average Bonchev–Trinajstić information content (AvgIpc) is 2.55. The van der Waals surface area contributed by atoms with Gasteiger partial charge >= 0.3 is 0 Å². The van der Waals surface area contributed by atoms with E-state index in [4.69, 9.17) is 0 Å². The molecule has 0 bridgehead atoms. The number of benzene rings is 1. The molecule has 0 aromatic heterocycles. The van der Waals surface area contributed by atoms with Crippen LogP contribution in [0.1, 0.15) is 19.3 Å². The first kappa shape index (κ1) is 14.5. The van der Waals surface area contributed by atoms with Gasteiger partial charge in [-0.1, -0.05) is 15.9 Å². The quantitative estimate of drug-likeness (QED) is 0.868. The standard InChI is InChI=1S/C12H15BrN2O3S/c13-9-4-6-10(7-5-9)19(17,18)15-11-3-1-2-8-14-12(11)16/h4-7,11,15H,1-3,8H2,(H,14,16). The largest absolute Gasteiger partial charge is 0.355 e. The molecule has 0 radical (unpaired) electrons. The van der Waals surface area contributed by atoms with E-state index in [9.17, 15) is 13.2 Å². The SMILES string of the molecule is O=C1NCCCCC1NS(=O)(=O)c1ccc(Br)cc1. The number of sulfonamides is 1. The summed E-state index contributed by atoms with van der Waals surface area (Å²) < 4.78 is 27.6. The van der Waals surface area contributed by atoms with Gasteiger partial charge < -0.3 is 5.32 Å². The molecule has 1 aromatic carbocycles. The Kier molecular flexibility index (Phi) is 4.59. The summed E-state index contributed by atoms with van der Waals surface area (Å²) in [5.41, 5.74) is 0. The molecule has 1 aliphatic heterocycles. The van der Waals surface area contributed by atoms with Crippen molar-refractivity contribution in [3.63, 3.8) is 0 Å². The molecule has 0 saturated carbocycles. The highest BCUT2D eigenvalue weighted by atomic mass is 79.9. The maximum Gasteiger partial charge on any atom is 0.241 e. The zero-order valence-electron chi connectivity index (χ0n) is 10.2. The fraction of sp³-hybridized carbons (Fsp3) is 0.417. The Morgan fingerprint density at radius 2 is 1.89 bits per heavy atom. The van der Waals surface area contributed by atoms with E-state index >= 15 is 0 Å². The molecule has 1 fully saturated rings. The molecule has 0 spiro atoms. The zero-order valence-corrected chi connectivity index (χ0v) is 12.6. The minimum atomic E-state index is -3.66. The minimum Gasteiger partial charge on any atom is -0.355 e. The summed E-state index contributed by atoms with van der Waals surface area (Å²) in [6.07, 6.45) is 2.23. The van der Waals surface area contributed by atoms with Gasteiger partial charge in [-0.05, 0) is 43.5 Å². The fourth-order valence-electron chi connectivity index (χ4n) is 1.92. The van der Waals surface area contributed by atoms with E-state index in [0.717, 1.165) is 17.3 Å². The summed E-state index contributed by atoms with van der Waals surface area (Å²) in [7, 11) is -3.66. The van der Waals surface area contributed by atoms with Crippen LogP contribution in [-0.2, 0) is 14.8 Å². The molecule has 19 heavy (non-hydrogen) atoms. The number of rotatable bonds is 3. The third kappa shape index (κ3) is 3.77. The van der Waals surface area contributed by atoms with Gasteiger partial charge in [0.05, 0.1) is 4.90 Å². The monoisotopic (exact) mass is 346 g/mol. The van der Waals surface area contributed by atoms with Gasteiger partial charge in [0.2, 0.25) is 15.9 Å². The number of halogens is 1. The number of carbonyl (C=O) groups is 1. The summed E-state index contributed by atoms with van der Waals surface area (Å²) in [5, 5.41) is 2.70. The highest BCUT2D eigenvalue weighted by molar-refractivity contribution is 9.10. The van der Waals surface area contributed by atoms with Gasteiger partial charge in [0, 0.05) is 11.0 Å². The van der Waals surface area contributed by atoms with Crippen molar-refractivity contribution in [2.75, 3.05) is 6.54 Å². The summed E-state index contributed by atoms with van der Waals surface area (Å²) in [6, 6.07) is 5.63. The van der Waals surface area contributed by atoms with E-state index in [0.29, 0.717) is 13.0 Å². The lowest BCUT2D eigenvalue weighted by molar-refractivity contribution is -0.122. The molecule has 5 nitrogen and oxygen atoms in total. The van der Waals surface area contributed by atoms with Crippen molar-refractivity contribution in [1.29, 1.82) is 0 Å². The van der Waals surface area contributed by atoms with E-state index in [1.165, 1.54) is 12.1 Å². The van der Waals surface area contributed by atoms with Crippen LogP contribution in [0.25, 0.3) is 0 Å². The molecule has 1 atom stereocenters. The molecule has 0 aliphatic carbocycles. The number of amides is 1. The Bertz CT molecular complexity index is 557. The second kappa shape index (κ2) is 6.02. The average molecular weight is 347 g/mol. The second-order valence-electron chi connectivity index (χ2n) is 4.41. The van der Waals surface area contributed by atoms with Crippen LogP contribution in [0.4, 0.5) is 0 Å². The Morgan fingerprint density at radius 3 is 2.58 bits per heavy atom. The van der Waals surface area contributed by atoms with Crippen LogP contribution in [0.2, 0.25) is 0 Å². The van der Waals surface area contributed by atoms with E-state index in [1.807, 2.05) is 0 Å². The first-order chi connectivity index (χ1) is 8.99. The Labute approximate surface area is 121 Å². The van der Waals surface area contributed by atoms with Crippen LogP contribution >= 0.6 is 15.9 Å². The van der Waals surface area contributed by atoms with E-state index < -0.39 is 16.1 Å². The number of hydrogen-bond acceptors (Lipinski definition) is 3.